The van der Waals surface area contributed by atoms with Gasteiger partial charge in [0.15, 0.2) is 5.17 Å². The molecule has 0 aliphatic carbocycles. The molecule has 0 radical (unpaired) electrons. The first-order chi connectivity index (χ1) is 9.74. The molecule has 20 heavy (non-hydrogen) atoms. The Morgan fingerprint density at radius 3 is 2.75 bits per heavy atom. The summed E-state index contributed by atoms with van der Waals surface area (Å²) < 4.78 is 5.65. The van der Waals surface area contributed by atoms with Gasteiger partial charge in [0.05, 0.1) is 6.61 Å². The van der Waals surface area contributed by atoms with Crippen LogP contribution < -0.4 is 5.73 Å². The SMILES string of the molecule is NC1=NC=C(CCCCOCc2ccc(Cl)cc2)CS1. The van der Waals surface area contributed by atoms with Crippen LogP contribution in [0.15, 0.2) is 41.0 Å². The third-order valence-corrected chi connectivity index (χ3v) is 4.17. The number of amidine groups is 1. The molecule has 0 aromatic heterocycles. The summed E-state index contributed by atoms with van der Waals surface area (Å²) in [6.45, 7) is 1.44. The van der Waals surface area contributed by atoms with E-state index in [1.54, 1.807) is 11.8 Å². The molecule has 1 aromatic carbocycles. The van der Waals surface area contributed by atoms with Crippen LogP contribution in [0.5, 0.6) is 0 Å². The van der Waals surface area contributed by atoms with Gasteiger partial charge in [-0.15, -0.1) is 0 Å². The molecule has 1 aliphatic heterocycles. The van der Waals surface area contributed by atoms with Crippen molar-refractivity contribution in [1.82, 2.24) is 0 Å². The molecular weight excluding hydrogens is 292 g/mol. The van der Waals surface area contributed by atoms with Crippen molar-refractivity contribution in [3.63, 3.8) is 0 Å². The largest absolute Gasteiger partial charge is 0.378 e. The molecule has 5 heteroatoms. The van der Waals surface area contributed by atoms with Gasteiger partial charge in [-0.05, 0) is 42.5 Å². The molecule has 1 aromatic rings. The van der Waals surface area contributed by atoms with Gasteiger partial charge in [-0.1, -0.05) is 35.5 Å². The van der Waals surface area contributed by atoms with Crippen LogP contribution in [0.1, 0.15) is 24.8 Å². The average Bonchev–Trinajstić information content (AvgIpc) is 2.46. The molecule has 108 valence electrons. The molecule has 0 unspecified atom stereocenters. The fourth-order valence-electron chi connectivity index (χ4n) is 1.86. The fourth-order valence-corrected chi connectivity index (χ4v) is 2.67. The third-order valence-electron chi connectivity index (χ3n) is 3.00. The minimum absolute atomic E-state index is 0.649. The summed E-state index contributed by atoms with van der Waals surface area (Å²) in [5.41, 5.74) is 8.12. The maximum atomic E-state index is 5.83. The van der Waals surface area contributed by atoms with Crippen molar-refractivity contribution in [2.24, 2.45) is 10.7 Å². The monoisotopic (exact) mass is 310 g/mol. The lowest BCUT2D eigenvalue weighted by atomic mass is 10.1. The Morgan fingerprint density at radius 2 is 2.05 bits per heavy atom. The zero-order chi connectivity index (χ0) is 14.2. The Labute approximate surface area is 129 Å². The van der Waals surface area contributed by atoms with Crippen LogP contribution in [-0.4, -0.2) is 17.5 Å². The average molecular weight is 311 g/mol. The Hall–Kier alpha value is -0.970. The molecule has 0 atom stereocenters. The lowest BCUT2D eigenvalue weighted by Gasteiger charge is -2.10. The zero-order valence-electron chi connectivity index (χ0n) is 11.3. The molecule has 0 spiro atoms. The van der Waals surface area contributed by atoms with Crippen molar-refractivity contribution in [3.8, 4) is 0 Å². The number of rotatable bonds is 7. The third kappa shape index (κ3) is 5.57. The van der Waals surface area contributed by atoms with Crippen molar-refractivity contribution < 1.29 is 4.74 Å². The summed E-state index contributed by atoms with van der Waals surface area (Å²) in [4.78, 5) is 4.13. The highest BCUT2D eigenvalue weighted by Gasteiger charge is 2.05. The fraction of sp³-hybridized carbons (Fsp3) is 0.400. The van der Waals surface area contributed by atoms with Gasteiger partial charge >= 0.3 is 0 Å². The summed E-state index contributed by atoms with van der Waals surface area (Å²) >= 11 is 7.44. The number of hydrogen-bond acceptors (Lipinski definition) is 4. The molecule has 2 rings (SSSR count). The van der Waals surface area contributed by atoms with Crippen molar-refractivity contribution in [1.29, 1.82) is 0 Å². The summed E-state index contributed by atoms with van der Waals surface area (Å²) in [7, 11) is 0. The molecular formula is C15H19ClN2OS. The number of thioether (sulfide) groups is 1. The van der Waals surface area contributed by atoms with E-state index in [4.69, 9.17) is 22.1 Å². The van der Waals surface area contributed by atoms with Gasteiger partial charge in [-0.25, -0.2) is 4.99 Å². The summed E-state index contributed by atoms with van der Waals surface area (Å²) in [5, 5.41) is 1.43. The summed E-state index contributed by atoms with van der Waals surface area (Å²) in [6, 6.07) is 7.77. The predicted octanol–water partition coefficient (Wildman–Crippen LogP) is 3.97. The van der Waals surface area contributed by atoms with Crippen LogP contribution in [0.25, 0.3) is 0 Å². The van der Waals surface area contributed by atoms with Crippen LogP contribution in [0.2, 0.25) is 5.02 Å². The Balaban J connectivity index is 1.55. The van der Waals surface area contributed by atoms with E-state index in [0.29, 0.717) is 11.8 Å². The number of unbranched alkanes of at least 4 members (excludes halogenated alkanes) is 1. The van der Waals surface area contributed by atoms with Crippen molar-refractivity contribution in [2.45, 2.75) is 25.9 Å². The quantitative estimate of drug-likeness (QED) is 0.775. The highest BCUT2D eigenvalue weighted by atomic mass is 35.5. The molecule has 0 bridgehead atoms. The second-order valence-electron chi connectivity index (χ2n) is 4.68. The van der Waals surface area contributed by atoms with Crippen LogP contribution in [0.3, 0.4) is 0 Å². The van der Waals surface area contributed by atoms with E-state index < -0.39 is 0 Å². The first-order valence-electron chi connectivity index (χ1n) is 6.70. The highest BCUT2D eigenvalue weighted by molar-refractivity contribution is 8.14. The Kier molecular flexibility index (Phi) is 6.43. The molecule has 0 saturated carbocycles. The molecule has 3 nitrogen and oxygen atoms in total. The Morgan fingerprint density at radius 1 is 1.25 bits per heavy atom. The number of nitrogens with zero attached hydrogens (tertiary/aromatic N) is 1. The van der Waals surface area contributed by atoms with E-state index in [0.717, 1.165) is 42.2 Å². The number of hydrogen-bond donors (Lipinski definition) is 1. The van der Waals surface area contributed by atoms with E-state index in [1.807, 2.05) is 30.5 Å². The van der Waals surface area contributed by atoms with E-state index in [1.165, 1.54) is 5.57 Å². The lowest BCUT2D eigenvalue weighted by Crippen LogP contribution is -2.10. The summed E-state index contributed by atoms with van der Waals surface area (Å²) in [5.74, 6) is 0.973. The normalized spacial score (nSPS) is 14.8. The van der Waals surface area contributed by atoms with Crippen molar-refractivity contribution >= 4 is 28.5 Å². The van der Waals surface area contributed by atoms with Gasteiger partial charge in [0.1, 0.15) is 0 Å². The molecule has 0 saturated heterocycles. The van der Waals surface area contributed by atoms with Crippen LogP contribution in [0, 0.1) is 0 Å². The van der Waals surface area contributed by atoms with E-state index in [2.05, 4.69) is 4.99 Å². The van der Waals surface area contributed by atoms with Gasteiger partial charge in [0.25, 0.3) is 0 Å². The van der Waals surface area contributed by atoms with Crippen LogP contribution in [-0.2, 0) is 11.3 Å². The zero-order valence-corrected chi connectivity index (χ0v) is 12.9. The first-order valence-corrected chi connectivity index (χ1v) is 8.06. The maximum absolute atomic E-state index is 5.83. The van der Waals surface area contributed by atoms with Gasteiger partial charge in [-0.3, -0.25) is 0 Å². The minimum atomic E-state index is 0.649. The predicted molar refractivity (Wildman–Crippen MR) is 87.1 cm³/mol. The van der Waals surface area contributed by atoms with Gasteiger partial charge in [-0.2, -0.15) is 0 Å². The first kappa shape index (κ1) is 15.4. The number of nitrogens with two attached hydrogens (primary N) is 1. The topological polar surface area (TPSA) is 47.6 Å². The molecule has 0 fully saturated rings. The van der Waals surface area contributed by atoms with Crippen molar-refractivity contribution in [3.05, 3.63) is 46.6 Å². The lowest BCUT2D eigenvalue weighted by molar-refractivity contribution is 0.117. The van der Waals surface area contributed by atoms with Crippen LogP contribution in [0.4, 0.5) is 0 Å². The second-order valence-corrected chi connectivity index (χ2v) is 6.11. The van der Waals surface area contributed by atoms with Gasteiger partial charge in [0.2, 0.25) is 0 Å². The molecule has 1 aliphatic rings. The molecule has 0 amide bonds. The van der Waals surface area contributed by atoms with Crippen molar-refractivity contribution in [2.75, 3.05) is 12.4 Å². The standard InChI is InChI=1S/C15H19ClN2OS/c16-14-6-4-12(5-7-14)10-19-8-2-1-3-13-9-18-15(17)20-11-13/h4-7,9H,1-3,8,10-11H2,(H2,17,18). The summed E-state index contributed by atoms with van der Waals surface area (Å²) in [6.07, 6.45) is 5.17. The number of halogens is 1. The smallest absolute Gasteiger partial charge is 0.158 e. The molecule has 2 N–H and O–H groups in total. The second kappa shape index (κ2) is 8.35. The van der Waals surface area contributed by atoms with Gasteiger partial charge < -0.3 is 10.5 Å². The van der Waals surface area contributed by atoms with E-state index in [9.17, 15) is 0 Å². The van der Waals surface area contributed by atoms with Crippen LogP contribution >= 0.6 is 23.4 Å². The number of aliphatic imine (C=N–C) groups is 1. The van der Waals surface area contributed by atoms with Gasteiger partial charge in [0, 0.05) is 23.6 Å². The maximum Gasteiger partial charge on any atom is 0.158 e. The Bertz CT molecular complexity index is 485. The van der Waals surface area contributed by atoms with E-state index >= 15 is 0 Å². The highest BCUT2D eigenvalue weighted by Crippen LogP contribution is 2.18. The number of benzene rings is 1. The number of ether oxygens (including phenoxy) is 1. The molecule has 1 heterocycles. The van der Waals surface area contributed by atoms with E-state index in [-0.39, 0.29) is 0 Å². The minimum Gasteiger partial charge on any atom is -0.378 e.